The molecule has 0 unspecified atom stereocenters. The van der Waals surface area contributed by atoms with E-state index in [1.807, 2.05) is 0 Å². The van der Waals surface area contributed by atoms with Crippen LogP contribution in [0, 0.1) is 0 Å². The molecule has 12 rings (SSSR count). The third kappa shape index (κ3) is 28.1. The van der Waals surface area contributed by atoms with E-state index in [9.17, 15) is 0 Å². The van der Waals surface area contributed by atoms with Gasteiger partial charge in [-0.1, -0.05) is 298 Å². The molecule has 0 saturated carbocycles. The molecule has 0 amide bonds. The van der Waals surface area contributed by atoms with Gasteiger partial charge in [0.2, 0.25) is 0 Å². The fourth-order valence-corrected chi connectivity index (χ4v) is 18.9. The van der Waals surface area contributed by atoms with Crippen LogP contribution in [0.4, 0.5) is 0 Å². The smallest absolute Gasteiger partial charge is 0.0543 e. The van der Waals surface area contributed by atoms with E-state index in [4.69, 9.17) is 0 Å². The van der Waals surface area contributed by atoms with Gasteiger partial charge in [-0.2, -0.15) is 0 Å². The fourth-order valence-electron chi connectivity index (χ4n) is 10.8. The average Bonchev–Trinajstić information content (AvgIpc) is 0.926. The van der Waals surface area contributed by atoms with Crippen LogP contribution in [-0.2, 0) is 61.3 Å². The van der Waals surface area contributed by atoms with Crippen molar-refractivity contribution in [2.45, 2.75) is 62.3 Å². The van der Waals surface area contributed by atoms with Crippen molar-refractivity contribution in [3.8, 4) is 98.5 Å². The molecule has 0 fully saturated rings. The van der Waals surface area contributed by atoms with E-state index in [1.54, 1.807) is 0 Å². The Morgan fingerprint density at radius 3 is 0.385 bits per heavy atom. The molecule has 12 aromatic rings. The maximum absolute atomic E-state index is 2.32. The summed E-state index contributed by atoms with van der Waals surface area (Å²) < 4.78 is 0. The summed E-state index contributed by atoms with van der Waals surface area (Å²) >= 11 is 0. The summed E-state index contributed by atoms with van der Waals surface area (Å²) in [6, 6.07) is 110. The second kappa shape index (κ2) is 48.9. The minimum absolute atomic E-state index is 0. The summed E-state index contributed by atoms with van der Waals surface area (Å²) in [6.07, 6.45) is 13.1. The quantitative estimate of drug-likeness (QED) is 0.0593. The zero-order chi connectivity index (χ0) is 65.7. The molecule has 0 aliphatic heterocycles. The molecule has 0 atom stereocenters. The fraction of sp³-hybridized carbons (Fsp3) is 0.207. The molecule has 0 aliphatic carbocycles. The Hall–Kier alpha value is -4.79. The van der Waals surface area contributed by atoms with Gasteiger partial charge in [-0.05, 0) is 189 Å². The van der Waals surface area contributed by atoms with Gasteiger partial charge >= 0.3 is 0 Å². The van der Waals surface area contributed by atoms with Crippen molar-refractivity contribution in [1.29, 1.82) is 0 Å². The number of hydrogen-bond acceptors (Lipinski definition) is 0. The summed E-state index contributed by atoms with van der Waals surface area (Å²) in [5, 5.41) is 8.06. The van der Waals surface area contributed by atoms with Gasteiger partial charge in [-0.25, -0.2) is 0 Å². The predicted molar refractivity (Wildman–Crippen MR) is 436 cm³/mol. The van der Waals surface area contributed by atoms with Gasteiger partial charge < -0.3 is 0 Å². The molecule has 0 spiro atoms. The van der Waals surface area contributed by atoms with Gasteiger partial charge in [0.1, 0.15) is 0 Å². The molecule has 0 aliphatic rings. The van der Waals surface area contributed by atoms with Crippen LogP contribution >= 0.6 is 48.3 Å². The van der Waals surface area contributed by atoms with E-state index in [0.717, 1.165) is 0 Å². The first-order valence-corrected chi connectivity index (χ1v) is 42.8. The van der Waals surface area contributed by atoms with E-state index in [1.165, 1.54) is 179 Å². The molecule has 504 valence electrons. The molecule has 3 aromatic heterocycles. The Kier molecular flexibility index (Phi) is 42.6. The predicted octanol–water partition coefficient (Wildman–Crippen LogP) is 28.6. The van der Waals surface area contributed by atoms with Gasteiger partial charge in [-0.15, -0.1) is 0 Å². The van der Waals surface area contributed by atoms with Gasteiger partial charge in [-0.3, -0.25) is 0 Å². The van der Waals surface area contributed by atoms with E-state index < -0.39 is 0 Å². The summed E-state index contributed by atoms with van der Waals surface area (Å²) in [6.45, 7) is 20.8. The summed E-state index contributed by atoms with van der Waals surface area (Å²) in [5.41, 5.74) is 15.3. The molecule has 9 heteroatoms. The molecule has 96 heavy (non-hydrogen) atoms. The van der Waals surface area contributed by atoms with Crippen molar-refractivity contribution < 1.29 is 61.3 Å². The Morgan fingerprint density at radius 2 is 0.281 bits per heavy atom. The van der Waals surface area contributed by atoms with E-state index in [0.29, 0.717) is 0 Å². The second-order valence-corrected chi connectivity index (χ2v) is 37.0. The molecule has 3 heterocycles. The van der Waals surface area contributed by atoms with Gasteiger partial charge in [0.05, 0.1) is 55.5 Å². The third-order valence-electron chi connectivity index (χ3n) is 16.7. The minimum atomic E-state index is 0. The van der Waals surface area contributed by atoms with Crippen molar-refractivity contribution >= 4 is 48.3 Å². The van der Waals surface area contributed by atoms with Crippen LogP contribution in [0.15, 0.2) is 309 Å². The number of hydrogen-bond donors (Lipinski definition) is 0. The molecule has 0 radical (unpaired) electrons. The first kappa shape index (κ1) is 83.6. The van der Waals surface area contributed by atoms with Crippen molar-refractivity contribution in [3.63, 3.8) is 0 Å². The topological polar surface area (TPSA) is 0 Å². The van der Waals surface area contributed by atoms with Crippen molar-refractivity contribution in [2.24, 2.45) is 0 Å². The van der Waals surface area contributed by atoms with Crippen molar-refractivity contribution in [2.75, 3.05) is 55.5 Å². The van der Waals surface area contributed by atoms with Gasteiger partial charge in [0.15, 0.2) is 0 Å². The monoisotopic (exact) mass is 1650 g/mol. The molecule has 0 nitrogen and oxygen atoms in total. The van der Waals surface area contributed by atoms with Crippen molar-refractivity contribution in [3.05, 3.63) is 309 Å². The van der Waals surface area contributed by atoms with Gasteiger partial charge in [0, 0.05) is 93.0 Å². The van der Waals surface area contributed by atoms with Crippen LogP contribution in [0.3, 0.4) is 0 Å². The normalized spacial score (nSPS) is 10.1. The van der Waals surface area contributed by atoms with E-state index >= 15 is 0 Å². The van der Waals surface area contributed by atoms with E-state index in [2.05, 4.69) is 372 Å². The maximum atomic E-state index is 2.32. The molecule has 0 N–H and O–H groups in total. The van der Waals surface area contributed by atoms with E-state index in [-0.39, 0.29) is 85.0 Å². The Labute approximate surface area is 629 Å². The largest absolute Gasteiger partial charge is 0.0622 e. The number of rotatable bonds is 18. The first-order chi connectivity index (χ1) is 45.7. The Balaban J connectivity index is 0.000000263. The molecular formula is C87H99P6Pd3+3. The summed E-state index contributed by atoms with van der Waals surface area (Å²) in [4.78, 5) is 0. The Bertz CT molecular complexity index is 3070. The number of benzene rings is 9. The molecule has 9 aromatic carbocycles. The minimum Gasteiger partial charge on any atom is -0.0622 e. The van der Waals surface area contributed by atoms with Crippen LogP contribution in [-0.4, -0.2) is 55.5 Å². The first-order valence-electron chi connectivity index (χ1n) is 33.8. The second-order valence-electron chi connectivity index (χ2n) is 22.6. The molecular weight excluding hydrogens is 1550 g/mol. The third-order valence-corrected chi connectivity index (χ3v) is 29.5. The van der Waals surface area contributed by atoms with Crippen LogP contribution in [0.5, 0.6) is 0 Å². The van der Waals surface area contributed by atoms with Gasteiger partial charge in [0.25, 0.3) is 0 Å². The summed E-state index contributed by atoms with van der Waals surface area (Å²) in [5.74, 6) is 0. The van der Waals surface area contributed by atoms with Crippen molar-refractivity contribution in [1.82, 2.24) is 0 Å². The SMILES string of the molecule is CC[PH+](CC)CC.CC[PH+](CC)CC.CC[PH+](CC)CC.[Pd].[Pd].[Pd].c1ccc(-c2cc(-c3ccccc3)pc(-c3ccccc3)c2)cc1.c1ccc(-c2cc(-c3ccccc3)pc(-c3ccccc3)c2)cc1.c1ccc(-c2cc(-c3ccccc3)pc(-c3ccccc3)c2)cc1. The van der Waals surface area contributed by atoms with Crippen LogP contribution in [0.2, 0.25) is 0 Å². The molecule has 0 bridgehead atoms. The van der Waals surface area contributed by atoms with Crippen LogP contribution in [0.1, 0.15) is 62.3 Å². The Morgan fingerprint density at radius 1 is 0.167 bits per heavy atom. The average molecular weight is 1650 g/mol. The zero-order valence-electron chi connectivity index (χ0n) is 57.6. The molecule has 0 saturated heterocycles. The van der Waals surface area contributed by atoms with Crippen LogP contribution in [0.25, 0.3) is 98.5 Å². The summed E-state index contributed by atoms with van der Waals surface area (Å²) in [7, 11) is 4.17. The van der Waals surface area contributed by atoms with Crippen LogP contribution < -0.4 is 0 Å². The standard InChI is InChI=1S/3C23H17P.3C6H15P.3Pd/c3*1-4-10-18(11-5-1)21-16-22(19-12-6-2-7-13-19)24-23(17-21)20-14-8-3-9-15-20;3*1-4-7(5-2)6-3;;;/h3*1-17H;3*4-6H2,1-3H3;;;/p+3. The maximum Gasteiger partial charge on any atom is 0.0543 e. The zero-order valence-corrected chi connectivity index (χ0v) is 67.9.